The summed E-state index contributed by atoms with van der Waals surface area (Å²) in [5, 5.41) is 14.0. The number of hydrogen-bond donors (Lipinski definition) is 1. The number of Topliss-reactive ketones (excluding diaryl/α,β-unsaturated/α-hetero) is 1. The SMILES string of the molecule is Cc1c([C@@H](C)NC(=O)CCC(=O)c2ccc3ccc4cccc5ccc2c3c45)cnn1C. The first-order valence-corrected chi connectivity index (χ1v) is 10.9. The summed E-state index contributed by atoms with van der Waals surface area (Å²) in [6.07, 6.45) is 2.11. The van der Waals surface area contributed by atoms with E-state index in [2.05, 4.69) is 46.8 Å². The van der Waals surface area contributed by atoms with Crippen LogP contribution < -0.4 is 5.32 Å². The van der Waals surface area contributed by atoms with Crippen molar-refractivity contribution >= 4 is 44.0 Å². The highest BCUT2D eigenvalue weighted by Crippen LogP contribution is 2.36. The molecule has 5 rings (SSSR count). The second-order valence-corrected chi connectivity index (χ2v) is 8.49. The predicted molar refractivity (Wildman–Crippen MR) is 128 cm³/mol. The Morgan fingerprint density at radius 1 is 0.938 bits per heavy atom. The van der Waals surface area contributed by atoms with Crippen molar-refractivity contribution in [3.8, 4) is 0 Å². The van der Waals surface area contributed by atoms with Gasteiger partial charge in [0.25, 0.3) is 0 Å². The van der Waals surface area contributed by atoms with E-state index in [0.29, 0.717) is 5.56 Å². The molecule has 1 aromatic heterocycles. The van der Waals surface area contributed by atoms with E-state index in [4.69, 9.17) is 0 Å². The summed E-state index contributed by atoms with van der Waals surface area (Å²) < 4.78 is 1.79. The molecule has 0 saturated heterocycles. The topological polar surface area (TPSA) is 64.0 Å². The van der Waals surface area contributed by atoms with Crippen molar-refractivity contribution in [3.05, 3.63) is 77.6 Å². The fourth-order valence-corrected chi connectivity index (χ4v) is 4.67. The Morgan fingerprint density at radius 3 is 2.28 bits per heavy atom. The van der Waals surface area contributed by atoms with Crippen LogP contribution in [0.15, 0.2) is 60.8 Å². The van der Waals surface area contributed by atoms with Crippen LogP contribution in [0.4, 0.5) is 0 Å². The molecule has 0 aliphatic carbocycles. The average molecular weight is 424 g/mol. The van der Waals surface area contributed by atoms with Crippen molar-refractivity contribution in [1.82, 2.24) is 15.1 Å². The van der Waals surface area contributed by atoms with Gasteiger partial charge in [-0.3, -0.25) is 14.3 Å². The van der Waals surface area contributed by atoms with Gasteiger partial charge in [-0.15, -0.1) is 0 Å². The monoisotopic (exact) mass is 423 g/mol. The molecule has 5 heteroatoms. The molecule has 1 atom stereocenters. The Balaban J connectivity index is 1.37. The van der Waals surface area contributed by atoms with Crippen LogP contribution in [0.1, 0.15) is 47.4 Å². The Hall–Kier alpha value is -3.73. The lowest BCUT2D eigenvalue weighted by Crippen LogP contribution is -2.27. The van der Waals surface area contributed by atoms with Crippen LogP contribution in [0, 0.1) is 6.92 Å². The number of carbonyl (C=O) groups excluding carboxylic acids is 2. The van der Waals surface area contributed by atoms with E-state index >= 15 is 0 Å². The van der Waals surface area contributed by atoms with Crippen molar-refractivity contribution in [2.45, 2.75) is 32.7 Å². The molecular formula is C27H25N3O2. The van der Waals surface area contributed by atoms with Crippen LogP contribution in [-0.4, -0.2) is 21.5 Å². The van der Waals surface area contributed by atoms with E-state index in [1.165, 1.54) is 16.2 Å². The van der Waals surface area contributed by atoms with Crippen LogP contribution in [0.2, 0.25) is 0 Å². The van der Waals surface area contributed by atoms with Gasteiger partial charge in [0.2, 0.25) is 5.91 Å². The van der Waals surface area contributed by atoms with Gasteiger partial charge in [0.1, 0.15) is 0 Å². The molecule has 1 amide bonds. The zero-order valence-electron chi connectivity index (χ0n) is 18.5. The summed E-state index contributed by atoms with van der Waals surface area (Å²) in [4.78, 5) is 25.6. The molecule has 5 aromatic rings. The van der Waals surface area contributed by atoms with Crippen molar-refractivity contribution in [3.63, 3.8) is 0 Å². The highest BCUT2D eigenvalue weighted by molar-refractivity contribution is 6.26. The molecule has 160 valence electrons. The first kappa shape index (κ1) is 20.2. The van der Waals surface area contributed by atoms with Gasteiger partial charge in [-0.1, -0.05) is 54.6 Å². The zero-order valence-corrected chi connectivity index (χ0v) is 18.5. The molecule has 32 heavy (non-hydrogen) atoms. The predicted octanol–water partition coefficient (Wildman–Crippen LogP) is 5.47. The van der Waals surface area contributed by atoms with Gasteiger partial charge in [-0.2, -0.15) is 5.10 Å². The van der Waals surface area contributed by atoms with E-state index < -0.39 is 0 Å². The minimum Gasteiger partial charge on any atom is -0.349 e. The largest absolute Gasteiger partial charge is 0.349 e. The molecule has 0 aliphatic rings. The first-order valence-electron chi connectivity index (χ1n) is 10.9. The number of aromatic nitrogens is 2. The first-order chi connectivity index (χ1) is 15.4. The van der Waals surface area contributed by atoms with Crippen LogP contribution in [0.5, 0.6) is 0 Å². The van der Waals surface area contributed by atoms with Gasteiger partial charge in [0, 0.05) is 36.7 Å². The Kier molecular flexibility index (Phi) is 4.89. The number of amides is 1. The van der Waals surface area contributed by atoms with E-state index in [1.54, 1.807) is 10.9 Å². The van der Waals surface area contributed by atoms with E-state index in [9.17, 15) is 9.59 Å². The van der Waals surface area contributed by atoms with E-state index in [1.807, 2.05) is 39.1 Å². The number of nitrogens with one attached hydrogen (secondary N) is 1. The van der Waals surface area contributed by atoms with Gasteiger partial charge in [0.15, 0.2) is 5.78 Å². The fraction of sp³-hybridized carbons (Fsp3) is 0.222. The number of rotatable bonds is 6. The van der Waals surface area contributed by atoms with Gasteiger partial charge in [-0.05, 0) is 46.2 Å². The molecule has 1 N–H and O–H groups in total. The van der Waals surface area contributed by atoms with Gasteiger partial charge >= 0.3 is 0 Å². The van der Waals surface area contributed by atoms with Crippen molar-refractivity contribution in [1.29, 1.82) is 0 Å². The number of nitrogens with zero attached hydrogens (tertiary/aromatic N) is 2. The summed E-state index contributed by atoms with van der Waals surface area (Å²) in [7, 11) is 1.88. The molecule has 0 saturated carbocycles. The van der Waals surface area contributed by atoms with E-state index in [-0.39, 0.29) is 30.6 Å². The average Bonchev–Trinajstić information content (AvgIpc) is 3.14. The summed E-state index contributed by atoms with van der Waals surface area (Å²) in [6.45, 7) is 3.91. The Labute approximate surface area is 186 Å². The minimum atomic E-state index is -0.152. The Bertz CT molecular complexity index is 1470. The van der Waals surface area contributed by atoms with Gasteiger partial charge in [-0.25, -0.2) is 0 Å². The molecule has 0 fully saturated rings. The number of ketones is 1. The third-order valence-corrected chi connectivity index (χ3v) is 6.53. The summed E-state index contributed by atoms with van der Waals surface area (Å²) in [5.74, 6) is -0.143. The number of carbonyl (C=O) groups is 2. The zero-order chi connectivity index (χ0) is 22.4. The summed E-state index contributed by atoms with van der Waals surface area (Å²) in [5.41, 5.74) is 2.68. The minimum absolute atomic E-state index is 0.0108. The van der Waals surface area contributed by atoms with Crippen LogP contribution in [-0.2, 0) is 11.8 Å². The molecule has 0 aliphatic heterocycles. The Morgan fingerprint density at radius 2 is 1.59 bits per heavy atom. The molecule has 1 heterocycles. The number of hydrogen-bond acceptors (Lipinski definition) is 3. The van der Waals surface area contributed by atoms with Crippen molar-refractivity contribution in [2.24, 2.45) is 7.05 Å². The van der Waals surface area contributed by atoms with Crippen molar-refractivity contribution in [2.75, 3.05) is 0 Å². The molecule has 0 spiro atoms. The normalized spacial score (nSPS) is 12.6. The summed E-state index contributed by atoms with van der Waals surface area (Å²) in [6, 6.07) is 18.3. The maximum Gasteiger partial charge on any atom is 0.220 e. The van der Waals surface area contributed by atoms with Crippen LogP contribution >= 0.6 is 0 Å². The van der Waals surface area contributed by atoms with Gasteiger partial charge < -0.3 is 5.32 Å². The molecule has 5 nitrogen and oxygen atoms in total. The maximum absolute atomic E-state index is 13.1. The standard InChI is InChI=1S/C27H25N3O2/c1-16(23-15-28-30(3)17(23)2)29-25(32)14-13-24(31)21-11-9-20-8-7-18-5-4-6-19-10-12-22(21)27(20)26(18)19/h4-12,15-16H,13-14H2,1-3H3,(H,29,32)/t16-/m1/s1. The lowest BCUT2D eigenvalue weighted by Gasteiger charge is -2.15. The number of aryl methyl sites for hydroxylation is 1. The fourth-order valence-electron chi connectivity index (χ4n) is 4.67. The van der Waals surface area contributed by atoms with Crippen LogP contribution in [0.3, 0.4) is 0 Å². The van der Waals surface area contributed by atoms with Crippen molar-refractivity contribution < 1.29 is 9.59 Å². The highest BCUT2D eigenvalue weighted by atomic mass is 16.2. The molecule has 4 aromatic carbocycles. The molecule has 0 unspecified atom stereocenters. The lowest BCUT2D eigenvalue weighted by atomic mass is 9.90. The highest BCUT2D eigenvalue weighted by Gasteiger charge is 2.18. The molecule has 0 radical (unpaired) electrons. The van der Waals surface area contributed by atoms with E-state index in [0.717, 1.165) is 27.4 Å². The lowest BCUT2D eigenvalue weighted by molar-refractivity contribution is -0.121. The second-order valence-electron chi connectivity index (χ2n) is 8.49. The van der Waals surface area contributed by atoms with Gasteiger partial charge in [0.05, 0.1) is 12.2 Å². The molecular weight excluding hydrogens is 398 g/mol. The third-order valence-electron chi connectivity index (χ3n) is 6.53. The summed E-state index contributed by atoms with van der Waals surface area (Å²) >= 11 is 0. The van der Waals surface area contributed by atoms with Crippen LogP contribution in [0.25, 0.3) is 32.3 Å². The maximum atomic E-state index is 13.1. The third kappa shape index (κ3) is 3.30. The number of benzene rings is 4. The smallest absolute Gasteiger partial charge is 0.220 e. The molecule has 0 bridgehead atoms. The quantitative estimate of drug-likeness (QED) is 0.291. The second kappa shape index (κ2) is 7.75.